The SMILES string of the molecule is O=c1n(CCc2ncccc2C2CC2)nc2ccc(-c3ccc(OC(F)(F)F)cc3)cn12. The first-order valence-electron chi connectivity index (χ1n) is 10.3. The molecule has 9 heteroatoms. The van der Waals surface area contributed by atoms with Gasteiger partial charge in [0.25, 0.3) is 0 Å². The molecular weight excluding hydrogens is 421 g/mol. The van der Waals surface area contributed by atoms with Crippen LogP contribution in [0.2, 0.25) is 0 Å². The van der Waals surface area contributed by atoms with E-state index in [0.29, 0.717) is 35.7 Å². The van der Waals surface area contributed by atoms with Gasteiger partial charge in [-0.25, -0.2) is 13.9 Å². The second-order valence-electron chi connectivity index (χ2n) is 7.79. The number of benzene rings is 1. The number of aryl methyl sites for hydroxylation is 2. The molecule has 0 amide bonds. The number of rotatable bonds is 6. The second-order valence-corrected chi connectivity index (χ2v) is 7.79. The number of ether oxygens (including phenoxy) is 1. The minimum absolute atomic E-state index is 0.275. The molecule has 4 aromatic rings. The predicted octanol–water partition coefficient (Wildman–Crippen LogP) is 4.58. The summed E-state index contributed by atoms with van der Waals surface area (Å²) in [5, 5.41) is 4.40. The summed E-state index contributed by atoms with van der Waals surface area (Å²) in [6.07, 6.45) is 1.64. The topological polar surface area (TPSA) is 61.4 Å². The van der Waals surface area contributed by atoms with E-state index in [4.69, 9.17) is 0 Å². The fourth-order valence-electron chi connectivity index (χ4n) is 3.82. The van der Waals surface area contributed by atoms with E-state index in [1.165, 1.54) is 51.8 Å². The molecule has 0 atom stereocenters. The van der Waals surface area contributed by atoms with Crippen molar-refractivity contribution in [1.82, 2.24) is 19.2 Å². The zero-order valence-electron chi connectivity index (χ0n) is 16.9. The molecule has 32 heavy (non-hydrogen) atoms. The van der Waals surface area contributed by atoms with E-state index in [1.807, 2.05) is 6.07 Å². The monoisotopic (exact) mass is 440 g/mol. The van der Waals surface area contributed by atoms with Gasteiger partial charge in [0.1, 0.15) is 5.75 Å². The fraction of sp³-hybridized carbons (Fsp3) is 0.261. The molecule has 0 aliphatic heterocycles. The molecule has 0 spiro atoms. The average molecular weight is 440 g/mol. The summed E-state index contributed by atoms with van der Waals surface area (Å²) in [7, 11) is 0. The molecule has 164 valence electrons. The Balaban J connectivity index is 1.37. The van der Waals surface area contributed by atoms with Gasteiger partial charge >= 0.3 is 12.1 Å². The van der Waals surface area contributed by atoms with Crippen molar-refractivity contribution in [3.63, 3.8) is 0 Å². The molecule has 0 saturated heterocycles. The van der Waals surface area contributed by atoms with Gasteiger partial charge in [-0.3, -0.25) is 4.98 Å². The fourth-order valence-corrected chi connectivity index (χ4v) is 3.82. The third-order valence-corrected chi connectivity index (χ3v) is 5.50. The van der Waals surface area contributed by atoms with Crippen LogP contribution in [0.15, 0.2) is 65.7 Å². The normalized spacial score (nSPS) is 14.1. The first-order valence-corrected chi connectivity index (χ1v) is 10.3. The van der Waals surface area contributed by atoms with Gasteiger partial charge in [-0.05, 0) is 65.8 Å². The van der Waals surface area contributed by atoms with Crippen LogP contribution in [0, 0.1) is 0 Å². The minimum atomic E-state index is -4.74. The van der Waals surface area contributed by atoms with Crippen molar-refractivity contribution in [2.45, 2.75) is 38.1 Å². The molecule has 3 aromatic heterocycles. The van der Waals surface area contributed by atoms with Gasteiger partial charge in [-0.1, -0.05) is 18.2 Å². The predicted molar refractivity (Wildman–Crippen MR) is 111 cm³/mol. The van der Waals surface area contributed by atoms with Gasteiger partial charge in [-0.2, -0.15) is 0 Å². The molecule has 6 nitrogen and oxygen atoms in total. The van der Waals surface area contributed by atoms with Crippen molar-refractivity contribution in [1.29, 1.82) is 0 Å². The van der Waals surface area contributed by atoms with Gasteiger partial charge in [0.05, 0.1) is 6.54 Å². The molecule has 1 aliphatic carbocycles. The first-order chi connectivity index (χ1) is 15.4. The van der Waals surface area contributed by atoms with Crippen molar-refractivity contribution >= 4 is 5.65 Å². The molecule has 1 saturated carbocycles. The molecule has 3 heterocycles. The molecule has 0 bridgehead atoms. The summed E-state index contributed by atoms with van der Waals surface area (Å²) in [6, 6.07) is 13.0. The molecule has 0 N–H and O–H groups in total. The Morgan fingerprint density at radius 2 is 1.78 bits per heavy atom. The summed E-state index contributed by atoms with van der Waals surface area (Å²) in [5.41, 5.74) is 3.81. The maximum absolute atomic E-state index is 12.9. The summed E-state index contributed by atoms with van der Waals surface area (Å²) >= 11 is 0. The van der Waals surface area contributed by atoms with Crippen LogP contribution in [-0.4, -0.2) is 25.5 Å². The van der Waals surface area contributed by atoms with Gasteiger partial charge in [0.15, 0.2) is 5.65 Å². The molecular formula is C23H19F3N4O2. The Morgan fingerprint density at radius 1 is 1.03 bits per heavy atom. The number of nitrogens with zero attached hydrogens (tertiary/aromatic N) is 4. The highest BCUT2D eigenvalue weighted by Gasteiger charge is 2.31. The lowest BCUT2D eigenvalue weighted by Crippen LogP contribution is -2.22. The van der Waals surface area contributed by atoms with Crippen molar-refractivity contribution in [3.05, 3.63) is 82.7 Å². The minimum Gasteiger partial charge on any atom is -0.406 e. The van der Waals surface area contributed by atoms with Crippen LogP contribution in [-0.2, 0) is 13.0 Å². The zero-order valence-corrected chi connectivity index (χ0v) is 16.9. The van der Waals surface area contributed by atoms with E-state index in [0.717, 1.165) is 5.69 Å². The number of halogens is 3. The largest absolute Gasteiger partial charge is 0.573 e. The van der Waals surface area contributed by atoms with Crippen LogP contribution < -0.4 is 10.4 Å². The molecule has 5 rings (SSSR count). The molecule has 1 aliphatic rings. The van der Waals surface area contributed by atoms with Crippen molar-refractivity contribution < 1.29 is 17.9 Å². The van der Waals surface area contributed by atoms with Crippen molar-refractivity contribution in [2.75, 3.05) is 0 Å². The van der Waals surface area contributed by atoms with Gasteiger partial charge in [0.2, 0.25) is 0 Å². The Bertz CT molecular complexity index is 1320. The lowest BCUT2D eigenvalue weighted by Gasteiger charge is -2.09. The summed E-state index contributed by atoms with van der Waals surface area (Å²) in [6.45, 7) is 0.413. The van der Waals surface area contributed by atoms with E-state index in [1.54, 1.807) is 24.5 Å². The Hall–Kier alpha value is -3.62. The second kappa shape index (κ2) is 7.81. The number of aromatic nitrogens is 4. The highest BCUT2D eigenvalue weighted by Crippen LogP contribution is 2.41. The van der Waals surface area contributed by atoms with Gasteiger partial charge in [-0.15, -0.1) is 18.3 Å². The first kappa shape index (κ1) is 20.3. The highest BCUT2D eigenvalue weighted by molar-refractivity contribution is 5.65. The number of fused-ring (bicyclic) bond motifs is 1. The van der Waals surface area contributed by atoms with Crippen LogP contribution in [0.4, 0.5) is 13.2 Å². The number of hydrogen-bond donors (Lipinski definition) is 0. The van der Waals surface area contributed by atoms with Crippen LogP contribution in [0.25, 0.3) is 16.8 Å². The lowest BCUT2D eigenvalue weighted by atomic mass is 10.1. The molecule has 1 fully saturated rings. The summed E-state index contributed by atoms with van der Waals surface area (Å²) < 4.78 is 43.8. The van der Waals surface area contributed by atoms with Crippen LogP contribution in [0.5, 0.6) is 5.75 Å². The van der Waals surface area contributed by atoms with Gasteiger partial charge < -0.3 is 4.74 Å². The van der Waals surface area contributed by atoms with Crippen molar-refractivity contribution in [2.24, 2.45) is 0 Å². The Kier molecular flexibility index (Phi) is 4.96. The average Bonchev–Trinajstić information content (AvgIpc) is 3.56. The third kappa shape index (κ3) is 4.23. The van der Waals surface area contributed by atoms with Crippen LogP contribution >= 0.6 is 0 Å². The molecule has 1 aromatic carbocycles. The van der Waals surface area contributed by atoms with E-state index in [2.05, 4.69) is 20.9 Å². The zero-order chi connectivity index (χ0) is 22.3. The highest BCUT2D eigenvalue weighted by atomic mass is 19.4. The van der Waals surface area contributed by atoms with E-state index in [9.17, 15) is 18.0 Å². The van der Waals surface area contributed by atoms with E-state index >= 15 is 0 Å². The standard InChI is InChI=1S/C23H19F3N4O2/c24-23(25,26)32-18-8-5-15(6-9-18)17-7-10-21-28-30(22(31)29(21)14-17)13-11-20-19(16-3-4-16)2-1-12-27-20/h1-2,5-10,12,14,16H,3-4,11,13H2. The Labute approximate surface area is 180 Å². The maximum atomic E-state index is 12.9. The van der Waals surface area contributed by atoms with Gasteiger partial charge in [0, 0.05) is 24.5 Å². The number of alkyl halides is 3. The smallest absolute Gasteiger partial charge is 0.406 e. The molecule has 0 unspecified atom stereocenters. The van der Waals surface area contributed by atoms with Crippen LogP contribution in [0.1, 0.15) is 30.0 Å². The quantitative estimate of drug-likeness (QED) is 0.441. The lowest BCUT2D eigenvalue weighted by molar-refractivity contribution is -0.274. The summed E-state index contributed by atoms with van der Waals surface area (Å²) in [4.78, 5) is 17.4. The van der Waals surface area contributed by atoms with Crippen molar-refractivity contribution in [3.8, 4) is 16.9 Å². The maximum Gasteiger partial charge on any atom is 0.573 e. The molecule has 0 radical (unpaired) electrons. The number of hydrogen-bond acceptors (Lipinski definition) is 4. The Morgan fingerprint density at radius 3 is 2.50 bits per heavy atom. The third-order valence-electron chi connectivity index (χ3n) is 5.50. The van der Waals surface area contributed by atoms with E-state index < -0.39 is 6.36 Å². The summed E-state index contributed by atoms with van der Waals surface area (Å²) in [5.74, 6) is 0.277. The van der Waals surface area contributed by atoms with Crippen LogP contribution in [0.3, 0.4) is 0 Å². The van der Waals surface area contributed by atoms with E-state index in [-0.39, 0.29) is 11.4 Å². The number of pyridine rings is 2.